The van der Waals surface area contributed by atoms with E-state index in [2.05, 4.69) is 15.8 Å². The molecule has 0 radical (unpaired) electrons. The summed E-state index contributed by atoms with van der Waals surface area (Å²) in [7, 11) is 4.23. The number of hydrazine groups is 1. The van der Waals surface area contributed by atoms with Crippen molar-refractivity contribution in [1.82, 2.24) is 10.4 Å². The number of amides is 2. The van der Waals surface area contributed by atoms with Crippen LogP contribution in [0, 0.1) is 18.6 Å². The van der Waals surface area contributed by atoms with E-state index in [4.69, 9.17) is 14.2 Å². The Morgan fingerprint density at radius 2 is 1.88 bits per heavy atom. The van der Waals surface area contributed by atoms with Crippen LogP contribution in [0.1, 0.15) is 17.5 Å². The van der Waals surface area contributed by atoms with Crippen LogP contribution in [0.5, 0.6) is 11.5 Å². The van der Waals surface area contributed by atoms with Gasteiger partial charge in [-0.25, -0.2) is 24.0 Å². The van der Waals surface area contributed by atoms with E-state index in [1.807, 2.05) is 6.92 Å². The molecule has 1 atom stereocenters. The average molecular weight is 449 g/mol. The number of fused-ring (bicyclic) bond motifs is 1. The molecule has 11 heteroatoms. The number of nitrogens with zero attached hydrogens (tertiary/aromatic N) is 3. The number of benzene rings is 1. The number of nitrogens with one attached hydrogen (secondary N) is 2. The van der Waals surface area contributed by atoms with Gasteiger partial charge in [-0.05, 0) is 13.3 Å². The predicted molar refractivity (Wildman–Crippen MR) is 114 cm³/mol. The van der Waals surface area contributed by atoms with E-state index in [1.165, 1.54) is 14.2 Å². The first-order chi connectivity index (χ1) is 15.4. The van der Waals surface area contributed by atoms with Gasteiger partial charge in [-0.1, -0.05) is 0 Å². The number of methoxy groups -OCH3 is 2. The minimum atomic E-state index is -0.983. The van der Waals surface area contributed by atoms with Crippen LogP contribution in [-0.4, -0.2) is 51.5 Å². The first-order valence-electron chi connectivity index (χ1n) is 10.1. The van der Waals surface area contributed by atoms with E-state index in [1.54, 1.807) is 18.1 Å². The van der Waals surface area contributed by atoms with Crippen molar-refractivity contribution in [2.24, 2.45) is 0 Å². The summed E-state index contributed by atoms with van der Waals surface area (Å²) in [4.78, 5) is 20.7. The molecule has 3 heterocycles. The number of hydrogen-bond donors (Lipinski definition) is 2. The van der Waals surface area contributed by atoms with Gasteiger partial charge in [0.2, 0.25) is 0 Å². The number of pyridine rings is 1. The first kappa shape index (κ1) is 22.0. The Labute approximate surface area is 184 Å². The van der Waals surface area contributed by atoms with Gasteiger partial charge in [0.25, 0.3) is 0 Å². The smallest absolute Gasteiger partial charge is 0.329 e. The van der Waals surface area contributed by atoms with E-state index in [0.717, 1.165) is 16.5 Å². The van der Waals surface area contributed by atoms with E-state index in [0.29, 0.717) is 36.7 Å². The lowest BCUT2D eigenvalue weighted by Gasteiger charge is -2.41. The molecule has 2 N–H and O–H groups in total. The second kappa shape index (κ2) is 8.75. The summed E-state index contributed by atoms with van der Waals surface area (Å²) in [6.45, 7) is 2.58. The van der Waals surface area contributed by atoms with Crippen LogP contribution >= 0.6 is 0 Å². The van der Waals surface area contributed by atoms with Crippen molar-refractivity contribution in [1.29, 1.82) is 0 Å². The van der Waals surface area contributed by atoms with E-state index in [9.17, 15) is 4.79 Å². The molecule has 0 spiro atoms. The third kappa shape index (κ3) is 3.47. The van der Waals surface area contributed by atoms with Crippen molar-refractivity contribution in [3.8, 4) is 11.5 Å². The number of rotatable bonds is 6. The molecule has 1 aromatic heterocycles. The summed E-state index contributed by atoms with van der Waals surface area (Å²) >= 11 is 0. The predicted octanol–water partition coefficient (Wildman–Crippen LogP) is 2.97. The maximum absolute atomic E-state index is 15.2. The zero-order chi connectivity index (χ0) is 23.0. The molecule has 4 rings (SSSR count). The lowest BCUT2D eigenvalue weighted by Crippen LogP contribution is -2.53. The molecule has 1 fully saturated rings. The molecule has 0 unspecified atom stereocenters. The van der Waals surface area contributed by atoms with Gasteiger partial charge in [0.1, 0.15) is 11.5 Å². The minimum Gasteiger partial charge on any atom is -0.493 e. The number of ether oxygens (including phenoxy) is 3. The van der Waals surface area contributed by atoms with Crippen LogP contribution in [0.3, 0.4) is 0 Å². The summed E-state index contributed by atoms with van der Waals surface area (Å²) in [5, 5.41) is 0. The van der Waals surface area contributed by atoms with Gasteiger partial charge in [0, 0.05) is 37.0 Å². The van der Waals surface area contributed by atoms with Gasteiger partial charge in [-0.3, -0.25) is 9.80 Å². The largest absolute Gasteiger partial charge is 0.493 e. The Morgan fingerprint density at radius 3 is 2.44 bits per heavy atom. The quantitative estimate of drug-likeness (QED) is 0.656. The van der Waals surface area contributed by atoms with Gasteiger partial charge in [-0.2, -0.15) is 0 Å². The topological polar surface area (TPSA) is 88.2 Å². The Kier molecular flexibility index (Phi) is 6.02. The average Bonchev–Trinajstić information content (AvgIpc) is 3.31. The molecule has 1 aromatic carbocycles. The van der Waals surface area contributed by atoms with Crippen LogP contribution in [0.15, 0.2) is 12.3 Å². The molecule has 2 aliphatic rings. The highest BCUT2D eigenvalue weighted by Gasteiger charge is 2.41. The lowest BCUT2D eigenvalue weighted by atomic mass is 10.0. The number of hydrogen-bond acceptors (Lipinski definition) is 7. The highest BCUT2D eigenvalue weighted by molar-refractivity contribution is 6.07. The standard InChI is InChI=1S/C21H25F2N5O4/c1-11-18-12(8-25-20(11)26-24-2)9-27(21(29)28(18)13-5-6-32-10-13)19-16(22)14(30-3)7-15(31-4)17(19)23/h7-8,13,24H,5-6,9-10H2,1-4H3,(H,25,26)/t13-/m1/s1. The molecule has 32 heavy (non-hydrogen) atoms. The molecular formula is C21H25F2N5O4. The zero-order valence-electron chi connectivity index (χ0n) is 18.3. The Bertz CT molecular complexity index is 1020. The van der Waals surface area contributed by atoms with E-state index in [-0.39, 0.29) is 24.1 Å². The van der Waals surface area contributed by atoms with Crippen LogP contribution in [0.4, 0.5) is 30.8 Å². The number of urea groups is 1. The number of aromatic nitrogens is 1. The first-order valence-corrected chi connectivity index (χ1v) is 10.1. The van der Waals surface area contributed by atoms with Gasteiger partial charge in [0.15, 0.2) is 23.1 Å². The molecule has 2 aromatic rings. The summed E-state index contributed by atoms with van der Waals surface area (Å²) in [5.41, 5.74) is 7.28. The molecule has 1 saturated heterocycles. The molecule has 2 aliphatic heterocycles. The molecule has 0 saturated carbocycles. The molecule has 0 aliphatic carbocycles. The fraction of sp³-hybridized carbons (Fsp3) is 0.429. The number of halogens is 2. The summed E-state index contributed by atoms with van der Waals surface area (Å²) in [5.74, 6) is -1.87. The summed E-state index contributed by atoms with van der Waals surface area (Å²) < 4.78 is 46.1. The Hall–Kier alpha value is -3.18. The lowest BCUT2D eigenvalue weighted by molar-refractivity contribution is 0.192. The molecule has 0 bridgehead atoms. The van der Waals surface area contributed by atoms with Crippen molar-refractivity contribution >= 4 is 23.2 Å². The van der Waals surface area contributed by atoms with Crippen LogP contribution in [-0.2, 0) is 11.3 Å². The fourth-order valence-electron chi connectivity index (χ4n) is 4.16. The number of carbonyl (C=O) groups is 1. The Balaban J connectivity index is 1.90. The molecule has 172 valence electrons. The second-order valence-corrected chi connectivity index (χ2v) is 7.49. The van der Waals surface area contributed by atoms with Crippen LogP contribution in [0.25, 0.3) is 0 Å². The maximum Gasteiger partial charge on any atom is 0.329 e. The van der Waals surface area contributed by atoms with E-state index >= 15 is 8.78 Å². The van der Waals surface area contributed by atoms with Crippen LogP contribution in [0.2, 0.25) is 0 Å². The number of anilines is 3. The van der Waals surface area contributed by atoms with Crippen molar-refractivity contribution in [2.75, 3.05) is 49.7 Å². The normalized spacial score (nSPS) is 18.1. The molecule has 2 amide bonds. The van der Waals surface area contributed by atoms with Crippen molar-refractivity contribution in [3.05, 3.63) is 35.0 Å². The third-order valence-electron chi connectivity index (χ3n) is 5.71. The van der Waals surface area contributed by atoms with Crippen molar-refractivity contribution < 1.29 is 27.8 Å². The van der Waals surface area contributed by atoms with Crippen LogP contribution < -0.4 is 30.1 Å². The molecule has 9 nitrogen and oxygen atoms in total. The van der Waals surface area contributed by atoms with Crippen molar-refractivity contribution in [3.63, 3.8) is 0 Å². The monoisotopic (exact) mass is 449 g/mol. The SMILES string of the molecule is CNNc1ncc2c(c1C)N([C@@H]1CCOC1)C(=O)N(c1c(F)c(OC)cc(OC)c1F)C2. The number of carbonyl (C=O) groups excluding carboxylic acids is 1. The van der Waals surface area contributed by atoms with Gasteiger partial charge in [0.05, 0.1) is 39.1 Å². The zero-order valence-corrected chi connectivity index (χ0v) is 18.3. The third-order valence-corrected chi connectivity index (χ3v) is 5.71. The Morgan fingerprint density at radius 1 is 1.19 bits per heavy atom. The highest BCUT2D eigenvalue weighted by atomic mass is 19.1. The summed E-state index contributed by atoms with van der Waals surface area (Å²) in [6.07, 6.45) is 2.19. The maximum atomic E-state index is 15.2. The summed E-state index contributed by atoms with van der Waals surface area (Å²) in [6, 6.07) is 0.262. The minimum absolute atomic E-state index is 0.0733. The van der Waals surface area contributed by atoms with E-state index < -0.39 is 23.4 Å². The second-order valence-electron chi connectivity index (χ2n) is 7.49. The van der Waals surface area contributed by atoms with Gasteiger partial charge in [-0.15, -0.1) is 0 Å². The van der Waals surface area contributed by atoms with Crippen molar-refractivity contribution in [2.45, 2.75) is 25.9 Å². The molecular weight excluding hydrogens is 424 g/mol. The highest BCUT2D eigenvalue weighted by Crippen LogP contribution is 2.43. The fourth-order valence-corrected chi connectivity index (χ4v) is 4.16. The van der Waals surface area contributed by atoms with Gasteiger partial charge >= 0.3 is 6.03 Å². The van der Waals surface area contributed by atoms with Gasteiger partial charge < -0.3 is 19.6 Å².